The van der Waals surface area contributed by atoms with Gasteiger partial charge in [-0.15, -0.1) is 11.3 Å². The highest BCUT2D eigenvalue weighted by molar-refractivity contribution is 9.13. The second-order valence-corrected chi connectivity index (χ2v) is 8.42. The van der Waals surface area contributed by atoms with Crippen LogP contribution in [0.25, 0.3) is 0 Å². The van der Waals surface area contributed by atoms with Gasteiger partial charge in [-0.3, -0.25) is 14.3 Å². The van der Waals surface area contributed by atoms with Crippen molar-refractivity contribution in [2.75, 3.05) is 6.54 Å². The fourth-order valence-electron chi connectivity index (χ4n) is 1.82. The average molecular weight is 514 g/mol. The van der Waals surface area contributed by atoms with Crippen LogP contribution in [0.4, 0.5) is 0 Å². The molecule has 0 radical (unpaired) electrons. The van der Waals surface area contributed by atoms with Crippen molar-refractivity contribution in [2.24, 2.45) is 0 Å². The molecule has 118 valence electrons. The van der Waals surface area contributed by atoms with Gasteiger partial charge >= 0.3 is 0 Å². The van der Waals surface area contributed by atoms with Gasteiger partial charge in [-0.2, -0.15) is 5.10 Å². The number of Topliss-reactive ketones (excluding diaryl/α,β-unsaturated/α-hetero) is 1. The number of aromatic nitrogens is 2. The predicted molar refractivity (Wildman–Crippen MR) is 96.7 cm³/mol. The van der Waals surface area contributed by atoms with Crippen molar-refractivity contribution in [1.82, 2.24) is 15.1 Å². The van der Waals surface area contributed by atoms with Crippen LogP contribution in [-0.2, 0) is 6.54 Å². The molecule has 0 bridgehead atoms. The fraction of sp³-hybridized carbons (Fsp3) is 0.308. The Balaban J connectivity index is 2.08. The molecule has 0 aliphatic rings. The van der Waals surface area contributed by atoms with E-state index in [1.165, 1.54) is 11.3 Å². The van der Waals surface area contributed by atoms with Crippen LogP contribution in [0, 0.1) is 6.92 Å². The zero-order valence-electron chi connectivity index (χ0n) is 11.7. The number of carbonyl (C=O) groups is 2. The third-order valence-electron chi connectivity index (χ3n) is 2.90. The molecule has 0 aromatic carbocycles. The standard InChI is InChI=1S/C13H12Br3N3O2S/c1-3-19-11(10(15)6(2)18-19)13(21)17-5-8(20)9-4-7(14)12(16)22-9/h4H,3,5H2,1-2H3,(H,17,21). The highest BCUT2D eigenvalue weighted by atomic mass is 79.9. The van der Waals surface area contributed by atoms with E-state index in [1.54, 1.807) is 10.7 Å². The number of carbonyl (C=O) groups excluding carboxylic acids is 2. The third-order valence-corrected chi connectivity index (χ3v) is 7.15. The van der Waals surface area contributed by atoms with E-state index in [4.69, 9.17) is 0 Å². The Kier molecular flexibility index (Phi) is 5.98. The molecule has 0 aliphatic heterocycles. The van der Waals surface area contributed by atoms with E-state index in [-0.39, 0.29) is 18.2 Å². The van der Waals surface area contributed by atoms with Gasteiger partial charge in [0.2, 0.25) is 0 Å². The minimum atomic E-state index is -0.322. The second-order valence-electron chi connectivity index (χ2n) is 4.40. The van der Waals surface area contributed by atoms with E-state index in [1.807, 2.05) is 13.8 Å². The van der Waals surface area contributed by atoms with E-state index >= 15 is 0 Å². The molecule has 2 aromatic heterocycles. The summed E-state index contributed by atoms with van der Waals surface area (Å²) in [6, 6.07) is 1.74. The molecule has 9 heteroatoms. The summed E-state index contributed by atoms with van der Waals surface area (Å²) in [6.45, 7) is 4.24. The van der Waals surface area contributed by atoms with E-state index < -0.39 is 0 Å². The highest BCUT2D eigenvalue weighted by Crippen LogP contribution is 2.32. The Morgan fingerprint density at radius 3 is 2.59 bits per heavy atom. The lowest BCUT2D eigenvalue weighted by atomic mass is 10.3. The minimum absolute atomic E-state index is 0.0569. The van der Waals surface area contributed by atoms with Gasteiger partial charge in [-0.05, 0) is 67.7 Å². The smallest absolute Gasteiger partial charge is 0.271 e. The number of halogens is 3. The van der Waals surface area contributed by atoms with Gasteiger partial charge in [0.15, 0.2) is 5.78 Å². The Labute approximate surface area is 156 Å². The maximum atomic E-state index is 12.3. The maximum absolute atomic E-state index is 12.3. The zero-order chi connectivity index (χ0) is 16.4. The predicted octanol–water partition coefficient (Wildman–Crippen LogP) is 4.17. The molecule has 0 saturated heterocycles. The minimum Gasteiger partial charge on any atom is -0.343 e. The van der Waals surface area contributed by atoms with E-state index in [0.717, 1.165) is 14.0 Å². The molecular weight excluding hydrogens is 502 g/mol. The van der Waals surface area contributed by atoms with Crippen LogP contribution in [0.3, 0.4) is 0 Å². The Morgan fingerprint density at radius 1 is 1.36 bits per heavy atom. The lowest BCUT2D eigenvalue weighted by molar-refractivity contribution is 0.0898. The van der Waals surface area contributed by atoms with E-state index in [0.29, 0.717) is 21.6 Å². The summed E-state index contributed by atoms with van der Waals surface area (Å²) >= 11 is 11.4. The van der Waals surface area contributed by atoms with E-state index in [2.05, 4.69) is 58.2 Å². The SMILES string of the molecule is CCn1nc(C)c(Br)c1C(=O)NCC(=O)c1cc(Br)c(Br)s1. The first-order valence-corrected chi connectivity index (χ1v) is 9.53. The molecule has 2 heterocycles. The highest BCUT2D eigenvalue weighted by Gasteiger charge is 2.20. The van der Waals surface area contributed by atoms with Crippen molar-refractivity contribution >= 4 is 70.8 Å². The Morgan fingerprint density at radius 2 is 2.05 bits per heavy atom. The number of aryl methyl sites for hydroxylation is 2. The molecular formula is C13H12Br3N3O2S. The van der Waals surface area contributed by atoms with Gasteiger partial charge in [-0.1, -0.05) is 0 Å². The molecule has 0 fully saturated rings. The normalized spacial score (nSPS) is 10.8. The number of hydrogen-bond donors (Lipinski definition) is 1. The molecule has 0 spiro atoms. The van der Waals surface area contributed by atoms with Gasteiger partial charge in [0.1, 0.15) is 5.69 Å². The van der Waals surface area contributed by atoms with Crippen molar-refractivity contribution in [3.05, 3.63) is 35.1 Å². The van der Waals surface area contributed by atoms with Gasteiger partial charge in [0.05, 0.1) is 25.4 Å². The number of thiophene rings is 1. The molecule has 0 atom stereocenters. The fourth-order valence-corrected chi connectivity index (χ4v) is 4.26. The summed E-state index contributed by atoms with van der Waals surface area (Å²) in [5.74, 6) is -0.461. The average Bonchev–Trinajstić information content (AvgIpc) is 2.97. The summed E-state index contributed by atoms with van der Waals surface area (Å²) < 4.78 is 3.94. The van der Waals surface area contributed by atoms with Crippen molar-refractivity contribution < 1.29 is 9.59 Å². The van der Waals surface area contributed by atoms with Gasteiger partial charge in [0, 0.05) is 11.0 Å². The molecule has 5 nitrogen and oxygen atoms in total. The number of nitrogens with zero attached hydrogens (tertiary/aromatic N) is 2. The first-order valence-electron chi connectivity index (χ1n) is 6.34. The molecule has 1 N–H and O–H groups in total. The summed E-state index contributed by atoms with van der Waals surface area (Å²) in [7, 11) is 0. The summed E-state index contributed by atoms with van der Waals surface area (Å²) in [4.78, 5) is 25.0. The largest absolute Gasteiger partial charge is 0.343 e. The van der Waals surface area contributed by atoms with Crippen LogP contribution in [0.2, 0.25) is 0 Å². The number of nitrogens with one attached hydrogen (secondary N) is 1. The van der Waals surface area contributed by atoms with Crippen molar-refractivity contribution in [3.8, 4) is 0 Å². The first kappa shape index (κ1) is 17.8. The van der Waals surface area contributed by atoms with Crippen LogP contribution in [0.15, 0.2) is 18.8 Å². The first-order chi connectivity index (χ1) is 10.3. The number of hydrogen-bond acceptors (Lipinski definition) is 4. The second kappa shape index (κ2) is 7.37. The third kappa shape index (κ3) is 3.69. The number of amides is 1. The summed E-state index contributed by atoms with van der Waals surface area (Å²) in [5.41, 5.74) is 1.17. The topological polar surface area (TPSA) is 64.0 Å². The van der Waals surface area contributed by atoms with Crippen LogP contribution >= 0.6 is 59.1 Å². The molecule has 1 amide bonds. The summed E-state index contributed by atoms with van der Waals surface area (Å²) in [6.07, 6.45) is 0. The monoisotopic (exact) mass is 511 g/mol. The maximum Gasteiger partial charge on any atom is 0.271 e. The number of rotatable bonds is 5. The van der Waals surface area contributed by atoms with E-state index in [9.17, 15) is 9.59 Å². The molecule has 0 aliphatic carbocycles. The molecule has 2 aromatic rings. The molecule has 0 saturated carbocycles. The summed E-state index contributed by atoms with van der Waals surface area (Å²) in [5, 5.41) is 6.92. The Hall–Kier alpha value is -0.510. The van der Waals surface area contributed by atoms with Crippen molar-refractivity contribution in [2.45, 2.75) is 20.4 Å². The van der Waals surface area contributed by atoms with Gasteiger partial charge in [-0.25, -0.2) is 0 Å². The molecule has 22 heavy (non-hydrogen) atoms. The van der Waals surface area contributed by atoms with Crippen LogP contribution < -0.4 is 5.32 Å². The van der Waals surface area contributed by atoms with Gasteiger partial charge < -0.3 is 5.32 Å². The molecule has 0 unspecified atom stereocenters. The lowest BCUT2D eigenvalue weighted by Crippen LogP contribution is -2.31. The molecule has 2 rings (SSSR count). The van der Waals surface area contributed by atoms with Crippen LogP contribution in [-0.4, -0.2) is 28.0 Å². The zero-order valence-corrected chi connectivity index (χ0v) is 17.3. The quantitative estimate of drug-likeness (QED) is 0.610. The Bertz CT molecular complexity index is 720. The number of ketones is 1. The van der Waals surface area contributed by atoms with Gasteiger partial charge in [0.25, 0.3) is 5.91 Å². The van der Waals surface area contributed by atoms with Crippen molar-refractivity contribution in [3.63, 3.8) is 0 Å². The van der Waals surface area contributed by atoms with Crippen LogP contribution in [0.1, 0.15) is 32.8 Å². The lowest BCUT2D eigenvalue weighted by Gasteiger charge is -2.06. The van der Waals surface area contributed by atoms with Crippen LogP contribution in [0.5, 0.6) is 0 Å². The van der Waals surface area contributed by atoms with Crippen molar-refractivity contribution in [1.29, 1.82) is 0 Å².